The van der Waals surface area contributed by atoms with Crippen molar-refractivity contribution >= 4 is 0 Å². The van der Waals surface area contributed by atoms with E-state index in [9.17, 15) is 0 Å². The molecule has 0 atom stereocenters. The van der Waals surface area contributed by atoms with Gasteiger partial charge < -0.3 is 5.11 Å². The van der Waals surface area contributed by atoms with Crippen molar-refractivity contribution < 1.29 is 5.11 Å². The van der Waals surface area contributed by atoms with E-state index in [1.807, 2.05) is 19.1 Å². The summed E-state index contributed by atoms with van der Waals surface area (Å²) in [5.74, 6) is 0. The zero-order chi connectivity index (χ0) is 12.6. The molecule has 0 amide bonds. The molecule has 0 rings (SSSR count). The Balaban J connectivity index is 4.82. The first kappa shape index (κ1) is 15.2. The first-order valence-electron chi connectivity index (χ1n) is 6.14. The molecule has 92 valence electrons. The zero-order valence-corrected chi connectivity index (χ0v) is 11.4. The van der Waals surface area contributed by atoms with Crippen molar-refractivity contribution in [1.82, 2.24) is 0 Å². The minimum atomic E-state index is 0.123. The molecule has 0 aliphatic carbocycles. The largest absolute Gasteiger partial charge is 0.392 e. The van der Waals surface area contributed by atoms with Crippen molar-refractivity contribution in [2.24, 2.45) is 5.41 Å². The summed E-state index contributed by atoms with van der Waals surface area (Å²) in [7, 11) is 0. The van der Waals surface area contributed by atoms with E-state index in [4.69, 9.17) is 5.11 Å². The Labute approximate surface area is 101 Å². The maximum Gasteiger partial charge on any atom is 0.0642 e. The standard InChI is InChI=1S/C15H26O/c1-6-7-10-14(15(3,4)5)11-8-9-13(2)12-16/h8-9,16H,6-7,10,12H2,1-5H3/b13-9-. The van der Waals surface area contributed by atoms with Crippen molar-refractivity contribution in [1.29, 1.82) is 0 Å². The minimum absolute atomic E-state index is 0.123. The molecule has 0 unspecified atom stereocenters. The lowest BCUT2D eigenvalue weighted by molar-refractivity contribution is 0.331. The van der Waals surface area contributed by atoms with Crippen molar-refractivity contribution in [2.75, 3.05) is 6.61 Å². The topological polar surface area (TPSA) is 20.2 Å². The van der Waals surface area contributed by atoms with Gasteiger partial charge in [0.1, 0.15) is 0 Å². The number of allylic oxidation sites excluding steroid dienone is 2. The van der Waals surface area contributed by atoms with Gasteiger partial charge in [0, 0.05) is 0 Å². The fraction of sp³-hybridized carbons (Fsp3) is 0.667. The number of aliphatic hydroxyl groups excluding tert-OH is 1. The van der Waals surface area contributed by atoms with Crippen LogP contribution in [0.2, 0.25) is 0 Å². The van der Waals surface area contributed by atoms with Crippen LogP contribution in [0.15, 0.2) is 29.0 Å². The van der Waals surface area contributed by atoms with Crippen LogP contribution in [0.4, 0.5) is 0 Å². The molecule has 0 aliphatic rings. The molecular weight excluding hydrogens is 196 g/mol. The molecule has 0 aromatic rings. The lowest BCUT2D eigenvalue weighted by atomic mass is 9.84. The third kappa shape index (κ3) is 6.66. The molecule has 0 bridgehead atoms. The molecule has 0 spiro atoms. The van der Waals surface area contributed by atoms with Crippen LogP contribution >= 0.6 is 0 Å². The molecule has 0 aliphatic heterocycles. The van der Waals surface area contributed by atoms with E-state index in [1.54, 1.807) is 0 Å². The van der Waals surface area contributed by atoms with Gasteiger partial charge in [-0.05, 0) is 42.4 Å². The van der Waals surface area contributed by atoms with Gasteiger partial charge in [-0.1, -0.05) is 40.2 Å². The molecule has 0 aromatic heterocycles. The molecule has 1 nitrogen and oxygen atoms in total. The normalized spacial score (nSPS) is 12.2. The second-order valence-electron chi connectivity index (χ2n) is 5.31. The number of hydrogen-bond acceptors (Lipinski definition) is 1. The second kappa shape index (κ2) is 7.49. The average molecular weight is 222 g/mol. The predicted molar refractivity (Wildman–Crippen MR) is 71.4 cm³/mol. The van der Waals surface area contributed by atoms with Crippen molar-refractivity contribution in [3.05, 3.63) is 29.0 Å². The van der Waals surface area contributed by atoms with E-state index in [0.717, 1.165) is 12.0 Å². The third-order valence-corrected chi connectivity index (χ3v) is 2.56. The van der Waals surface area contributed by atoms with E-state index < -0.39 is 0 Å². The van der Waals surface area contributed by atoms with Crippen LogP contribution in [0.3, 0.4) is 0 Å². The van der Waals surface area contributed by atoms with Crippen LogP contribution in [0.1, 0.15) is 53.9 Å². The summed E-state index contributed by atoms with van der Waals surface area (Å²) in [6.07, 6.45) is 7.41. The highest BCUT2D eigenvalue weighted by molar-refractivity contribution is 5.16. The Morgan fingerprint density at radius 2 is 1.94 bits per heavy atom. The van der Waals surface area contributed by atoms with Gasteiger partial charge >= 0.3 is 0 Å². The Morgan fingerprint density at radius 3 is 2.38 bits per heavy atom. The molecule has 0 saturated carbocycles. The maximum absolute atomic E-state index is 8.88. The Kier molecular flexibility index (Phi) is 7.12. The molecule has 0 fully saturated rings. The highest BCUT2D eigenvalue weighted by atomic mass is 16.3. The minimum Gasteiger partial charge on any atom is -0.392 e. The summed E-state index contributed by atoms with van der Waals surface area (Å²) in [6.45, 7) is 10.9. The number of rotatable bonds is 5. The maximum atomic E-state index is 8.88. The van der Waals surface area contributed by atoms with Gasteiger partial charge in [0.05, 0.1) is 6.61 Å². The van der Waals surface area contributed by atoms with Crippen molar-refractivity contribution in [3.8, 4) is 0 Å². The summed E-state index contributed by atoms with van der Waals surface area (Å²) in [6, 6.07) is 0. The van der Waals surface area contributed by atoms with Crippen LogP contribution < -0.4 is 0 Å². The van der Waals surface area contributed by atoms with E-state index in [0.29, 0.717) is 0 Å². The first-order chi connectivity index (χ1) is 7.41. The Hall–Kier alpha value is -0.780. The van der Waals surface area contributed by atoms with Gasteiger partial charge in [-0.25, -0.2) is 0 Å². The molecular formula is C15H26O. The highest BCUT2D eigenvalue weighted by Crippen LogP contribution is 2.28. The van der Waals surface area contributed by atoms with Crippen molar-refractivity contribution in [2.45, 2.75) is 53.9 Å². The molecule has 1 heteroatoms. The van der Waals surface area contributed by atoms with E-state index in [-0.39, 0.29) is 12.0 Å². The van der Waals surface area contributed by atoms with Crippen LogP contribution in [0.25, 0.3) is 0 Å². The lowest BCUT2D eigenvalue weighted by Gasteiger charge is -2.20. The van der Waals surface area contributed by atoms with Gasteiger partial charge in [0.2, 0.25) is 0 Å². The van der Waals surface area contributed by atoms with E-state index in [1.165, 1.54) is 18.4 Å². The highest BCUT2D eigenvalue weighted by Gasteiger charge is 2.15. The summed E-state index contributed by atoms with van der Waals surface area (Å²) >= 11 is 0. The average Bonchev–Trinajstić information content (AvgIpc) is 2.20. The number of hydrogen-bond donors (Lipinski definition) is 1. The zero-order valence-electron chi connectivity index (χ0n) is 11.4. The van der Waals surface area contributed by atoms with Gasteiger partial charge in [0.25, 0.3) is 0 Å². The van der Waals surface area contributed by atoms with Crippen molar-refractivity contribution in [3.63, 3.8) is 0 Å². The van der Waals surface area contributed by atoms with Gasteiger partial charge in [-0.15, -0.1) is 5.73 Å². The van der Waals surface area contributed by atoms with E-state index in [2.05, 4.69) is 33.4 Å². The lowest BCUT2D eigenvalue weighted by Crippen LogP contribution is -2.08. The molecule has 0 saturated heterocycles. The predicted octanol–water partition coefficient (Wildman–Crippen LogP) is 4.24. The van der Waals surface area contributed by atoms with Crippen LogP contribution in [0.5, 0.6) is 0 Å². The summed E-state index contributed by atoms with van der Waals surface area (Å²) in [5.41, 5.74) is 5.88. The fourth-order valence-corrected chi connectivity index (χ4v) is 1.35. The molecule has 16 heavy (non-hydrogen) atoms. The van der Waals surface area contributed by atoms with Gasteiger partial charge in [0.15, 0.2) is 0 Å². The summed E-state index contributed by atoms with van der Waals surface area (Å²) in [5, 5.41) is 8.88. The quantitative estimate of drug-likeness (QED) is 0.545. The number of aliphatic hydroxyl groups is 1. The molecule has 1 N–H and O–H groups in total. The van der Waals surface area contributed by atoms with Crippen LogP contribution in [0, 0.1) is 5.41 Å². The third-order valence-electron chi connectivity index (χ3n) is 2.56. The fourth-order valence-electron chi connectivity index (χ4n) is 1.35. The summed E-state index contributed by atoms with van der Waals surface area (Å²) < 4.78 is 0. The first-order valence-corrected chi connectivity index (χ1v) is 6.14. The van der Waals surface area contributed by atoms with Gasteiger partial charge in [-0.2, -0.15) is 0 Å². The molecule has 0 heterocycles. The second-order valence-corrected chi connectivity index (χ2v) is 5.31. The Bertz CT molecular complexity index is 283. The van der Waals surface area contributed by atoms with Crippen LogP contribution in [-0.2, 0) is 0 Å². The smallest absolute Gasteiger partial charge is 0.0642 e. The van der Waals surface area contributed by atoms with E-state index >= 15 is 0 Å². The molecule has 0 aromatic carbocycles. The number of unbranched alkanes of at least 4 members (excludes halogenated alkanes) is 1. The molecule has 0 radical (unpaired) electrons. The summed E-state index contributed by atoms with van der Waals surface area (Å²) in [4.78, 5) is 0. The van der Waals surface area contributed by atoms with Gasteiger partial charge in [-0.3, -0.25) is 0 Å². The Morgan fingerprint density at radius 1 is 1.31 bits per heavy atom. The van der Waals surface area contributed by atoms with Crippen LogP contribution in [-0.4, -0.2) is 11.7 Å². The monoisotopic (exact) mass is 222 g/mol. The SMILES string of the molecule is CCCCC(=C=C/C=C(/C)CO)C(C)(C)C.